The zero-order valence-corrected chi connectivity index (χ0v) is 9.85. The first-order valence-corrected chi connectivity index (χ1v) is 5.18. The molecule has 1 heterocycles. The fourth-order valence-corrected chi connectivity index (χ4v) is 1.75. The Morgan fingerprint density at radius 1 is 1.32 bits per heavy atom. The van der Waals surface area contributed by atoms with Gasteiger partial charge in [-0.05, 0) is 6.07 Å². The molecule has 8 heteroatoms. The molecular weight excluding hydrogens is 254 g/mol. The lowest BCUT2D eigenvalue weighted by Gasteiger charge is -2.00. The Morgan fingerprint density at radius 2 is 2.05 bits per heavy atom. The van der Waals surface area contributed by atoms with Gasteiger partial charge in [0.2, 0.25) is 6.20 Å². The Bertz CT molecular complexity index is 689. The van der Waals surface area contributed by atoms with Crippen LogP contribution in [0.2, 0.25) is 0 Å². The van der Waals surface area contributed by atoms with Crippen LogP contribution >= 0.6 is 0 Å². The number of benzene rings is 1. The van der Waals surface area contributed by atoms with Crippen molar-refractivity contribution in [1.82, 2.24) is 4.73 Å². The second-order valence-electron chi connectivity index (χ2n) is 3.65. The lowest BCUT2D eigenvalue weighted by molar-refractivity contribution is -0.400. The maximum atomic E-state index is 10.7. The van der Waals surface area contributed by atoms with Gasteiger partial charge >= 0.3 is 0 Å². The molecule has 19 heavy (non-hydrogen) atoms. The van der Waals surface area contributed by atoms with Gasteiger partial charge in [-0.15, -0.1) is 0 Å². The summed E-state index contributed by atoms with van der Waals surface area (Å²) in [6.45, 7) is 0. The number of non-ortho nitro benzene ring substituents is 1. The van der Waals surface area contributed by atoms with Gasteiger partial charge in [0.15, 0.2) is 0 Å². The third kappa shape index (κ3) is 2.37. The van der Waals surface area contributed by atoms with Gasteiger partial charge in [-0.1, -0.05) is 0 Å². The van der Waals surface area contributed by atoms with Gasteiger partial charge in [-0.2, -0.15) is 4.73 Å². The van der Waals surface area contributed by atoms with E-state index in [1.807, 2.05) is 0 Å². The molecule has 98 valence electrons. The zero-order valence-electron chi connectivity index (χ0n) is 9.85. The summed E-state index contributed by atoms with van der Waals surface area (Å²) in [5.41, 5.74) is 0.942. The summed E-state index contributed by atoms with van der Waals surface area (Å²) in [7, 11) is 1.40. The third-order valence-electron chi connectivity index (χ3n) is 2.57. The standard InChI is InChI=1S/C11H9N3O5/c1-19-12-7-8(4-5-13(15)16)10-3-2-9(14(17)18)6-11(10)12/h2-7H,1H3. The number of nitro benzene ring substituents is 1. The van der Waals surface area contributed by atoms with Crippen molar-refractivity contribution in [1.29, 1.82) is 0 Å². The van der Waals surface area contributed by atoms with Crippen molar-refractivity contribution >= 4 is 22.7 Å². The predicted octanol–water partition coefficient (Wildman–Crippen LogP) is 1.86. The van der Waals surface area contributed by atoms with Gasteiger partial charge in [0.05, 0.1) is 21.6 Å². The third-order valence-corrected chi connectivity index (χ3v) is 2.57. The van der Waals surface area contributed by atoms with Crippen molar-refractivity contribution < 1.29 is 14.7 Å². The van der Waals surface area contributed by atoms with Crippen LogP contribution in [-0.2, 0) is 0 Å². The predicted molar refractivity (Wildman–Crippen MR) is 67.1 cm³/mol. The Balaban J connectivity index is 2.62. The Morgan fingerprint density at radius 3 is 2.63 bits per heavy atom. The SMILES string of the molecule is COn1cc(C=C[N+](=O)[O-])c2ccc([N+](=O)[O-])cc21. The first kappa shape index (κ1) is 12.6. The minimum Gasteiger partial charge on any atom is -0.417 e. The quantitative estimate of drug-likeness (QED) is 0.619. The van der Waals surface area contributed by atoms with E-state index >= 15 is 0 Å². The van der Waals surface area contributed by atoms with E-state index in [0.717, 1.165) is 6.20 Å². The van der Waals surface area contributed by atoms with Crippen molar-refractivity contribution in [3.63, 3.8) is 0 Å². The molecule has 8 nitrogen and oxygen atoms in total. The normalized spacial score (nSPS) is 11.0. The van der Waals surface area contributed by atoms with Gasteiger partial charge < -0.3 is 4.84 Å². The van der Waals surface area contributed by atoms with Crippen LogP contribution in [0, 0.1) is 20.2 Å². The van der Waals surface area contributed by atoms with Crippen molar-refractivity contribution in [3.05, 3.63) is 56.4 Å². The summed E-state index contributed by atoms with van der Waals surface area (Å²) in [6.07, 6.45) is 3.63. The average Bonchev–Trinajstić information content (AvgIpc) is 2.73. The van der Waals surface area contributed by atoms with Crippen LogP contribution in [0.4, 0.5) is 5.69 Å². The molecule has 0 unspecified atom stereocenters. The Hall–Kier alpha value is -2.90. The molecule has 0 aliphatic heterocycles. The van der Waals surface area contributed by atoms with E-state index in [2.05, 4.69) is 0 Å². The summed E-state index contributed by atoms with van der Waals surface area (Å²) in [5.74, 6) is 0. The number of hydrogen-bond donors (Lipinski definition) is 0. The molecule has 0 saturated carbocycles. The number of aromatic nitrogens is 1. The number of nitrogens with zero attached hydrogens (tertiary/aromatic N) is 3. The van der Waals surface area contributed by atoms with Crippen LogP contribution in [0.15, 0.2) is 30.6 Å². The highest BCUT2D eigenvalue weighted by atomic mass is 16.6. The number of fused-ring (bicyclic) bond motifs is 1. The molecule has 0 spiro atoms. The Labute approximate surface area is 106 Å². The molecule has 0 saturated heterocycles. The van der Waals surface area contributed by atoms with E-state index < -0.39 is 9.85 Å². The molecule has 0 fully saturated rings. The molecule has 0 N–H and O–H groups in total. The summed E-state index contributed by atoms with van der Waals surface area (Å²) in [5, 5.41) is 21.7. The molecule has 0 aliphatic carbocycles. The van der Waals surface area contributed by atoms with Crippen molar-refractivity contribution in [2.45, 2.75) is 0 Å². The first-order chi connectivity index (χ1) is 9.02. The fraction of sp³-hybridized carbons (Fsp3) is 0.0909. The van der Waals surface area contributed by atoms with Crippen LogP contribution in [0.25, 0.3) is 17.0 Å². The molecule has 0 radical (unpaired) electrons. The largest absolute Gasteiger partial charge is 0.417 e. The Kier molecular flexibility index (Phi) is 3.15. The molecule has 2 rings (SSSR count). The average molecular weight is 263 g/mol. The van der Waals surface area contributed by atoms with E-state index in [1.165, 1.54) is 42.3 Å². The number of hydrogen-bond acceptors (Lipinski definition) is 5. The van der Waals surface area contributed by atoms with Crippen molar-refractivity contribution in [2.24, 2.45) is 0 Å². The molecular formula is C11H9N3O5. The number of nitro groups is 2. The maximum Gasteiger partial charge on any atom is 0.271 e. The number of rotatable bonds is 4. The van der Waals surface area contributed by atoms with Crippen molar-refractivity contribution in [3.8, 4) is 0 Å². The first-order valence-electron chi connectivity index (χ1n) is 5.18. The van der Waals surface area contributed by atoms with Crippen LogP contribution < -0.4 is 4.84 Å². The monoisotopic (exact) mass is 263 g/mol. The zero-order chi connectivity index (χ0) is 14.0. The van der Waals surface area contributed by atoms with Gasteiger partial charge in [0, 0.05) is 29.2 Å². The van der Waals surface area contributed by atoms with Gasteiger partial charge in [0.25, 0.3) is 5.69 Å². The van der Waals surface area contributed by atoms with Crippen LogP contribution in [-0.4, -0.2) is 21.7 Å². The molecule has 1 aromatic heterocycles. The van der Waals surface area contributed by atoms with Crippen LogP contribution in [0.3, 0.4) is 0 Å². The van der Waals surface area contributed by atoms with Crippen LogP contribution in [0.1, 0.15) is 5.56 Å². The van der Waals surface area contributed by atoms with E-state index in [4.69, 9.17) is 4.84 Å². The highest BCUT2D eigenvalue weighted by molar-refractivity contribution is 5.90. The van der Waals surface area contributed by atoms with Crippen LogP contribution in [0.5, 0.6) is 0 Å². The second kappa shape index (κ2) is 4.77. The smallest absolute Gasteiger partial charge is 0.271 e. The lowest BCUT2D eigenvalue weighted by atomic mass is 10.1. The van der Waals surface area contributed by atoms with E-state index in [9.17, 15) is 20.2 Å². The summed E-state index contributed by atoms with van der Waals surface area (Å²) in [4.78, 5) is 25.0. The fourth-order valence-electron chi connectivity index (χ4n) is 1.75. The molecule has 0 aliphatic rings. The molecule has 0 atom stereocenters. The second-order valence-corrected chi connectivity index (χ2v) is 3.65. The summed E-state index contributed by atoms with van der Waals surface area (Å²) < 4.78 is 1.32. The van der Waals surface area contributed by atoms with E-state index in [0.29, 0.717) is 16.5 Å². The minimum absolute atomic E-state index is 0.0753. The summed E-state index contributed by atoms with van der Waals surface area (Å²) in [6, 6.07) is 4.22. The lowest BCUT2D eigenvalue weighted by Crippen LogP contribution is -2.03. The van der Waals surface area contributed by atoms with Crippen molar-refractivity contribution in [2.75, 3.05) is 7.11 Å². The summed E-state index contributed by atoms with van der Waals surface area (Å²) >= 11 is 0. The maximum absolute atomic E-state index is 10.7. The highest BCUT2D eigenvalue weighted by Crippen LogP contribution is 2.26. The highest BCUT2D eigenvalue weighted by Gasteiger charge is 2.13. The molecule has 0 bridgehead atoms. The molecule has 0 amide bonds. The minimum atomic E-state index is -0.582. The molecule has 2 aromatic rings. The van der Waals surface area contributed by atoms with Gasteiger partial charge in [0.1, 0.15) is 7.11 Å². The van der Waals surface area contributed by atoms with E-state index in [-0.39, 0.29) is 5.69 Å². The van der Waals surface area contributed by atoms with Gasteiger partial charge in [-0.3, -0.25) is 20.2 Å². The van der Waals surface area contributed by atoms with Gasteiger partial charge in [-0.25, -0.2) is 0 Å². The van der Waals surface area contributed by atoms with E-state index in [1.54, 1.807) is 0 Å². The molecule has 1 aromatic carbocycles. The topological polar surface area (TPSA) is 100 Å².